The standard InChI is InChI=1S/C40H53N7O5S2/c1-29(2)38-44-33(27-53-38)24-42-39(49)45-36(16-17-47-18-20-51-21-19-47)37(48)43-32(22-30-10-6-4-7-11-30)14-15-34(23-31-12-8-5-9-13-31)46(3)40(50)52-26-35-25-41-28-54-35/h4-13,25,27-29,32,34,36H,14-24,26H2,1-3H3,(H,43,48)(H2,42,45,49). The number of amides is 4. The monoisotopic (exact) mass is 775 g/mol. The lowest BCUT2D eigenvalue weighted by atomic mass is 9.95. The number of nitrogens with zero attached hydrogens (tertiary/aromatic N) is 4. The van der Waals surface area contributed by atoms with Crippen molar-refractivity contribution in [3.05, 3.63) is 104 Å². The maximum Gasteiger partial charge on any atom is 0.410 e. The summed E-state index contributed by atoms with van der Waals surface area (Å²) in [4.78, 5) is 54.2. The molecule has 1 aliphatic rings. The molecule has 3 unspecified atom stereocenters. The number of carbonyl (C=O) groups excluding carboxylic acids is 3. The number of rotatable bonds is 19. The fraction of sp³-hybridized carbons (Fsp3) is 0.475. The average molecular weight is 776 g/mol. The van der Waals surface area contributed by atoms with Gasteiger partial charge in [-0.3, -0.25) is 14.7 Å². The summed E-state index contributed by atoms with van der Waals surface area (Å²) in [5.74, 6) is 0.0683. The van der Waals surface area contributed by atoms with Crippen molar-refractivity contribution >= 4 is 40.7 Å². The molecule has 0 bridgehead atoms. The van der Waals surface area contributed by atoms with Crippen molar-refractivity contribution in [3.63, 3.8) is 0 Å². The zero-order chi connectivity index (χ0) is 38.1. The molecule has 0 saturated carbocycles. The lowest BCUT2D eigenvalue weighted by molar-refractivity contribution is -0.124. The van der Waals surface area contributed by atoms with Crippen molar-refractivity contribution in [2.75, 3.05) is 39.9 Å². The van der Waals surface area contributed by atoms with Crippen LogP contribution in [0.3, 0.4) is 0 Å². The summed E-state index contributed by atoms with van der Waals surface area (Å²) < 4.78 is 11.2. The van der Waals surface area contributed by atoms with Gasteiger partial charge in [0.1, 0.15) is 12.6 Å². The second-order valence-corrected chi connectivity index (χ2v) is 15.8. The zero-order valence-electron chi connectivity index (χ0n) is 31.4. The second kappa shape index (κ2) is 21.5. The molecule has 3 atom stereocenters. The Morgan fingerprint density at radius 1 is 0.926 bits per heavy atom. The maximum atomic E-state index is 14.2. The van der Waals surface area contributed by atoms with Gasteiger partial charge in [0.2, 0.25) is 5.91 Å². The Bertz CT molecular complexity index is 1700. The van der Waals surface area contributed by atoms with Gasteiger partial charge in [-0.05, 0) is 43.2 Å². The SMILES string of the molecule is CC(C)c1nc(CNC(=O)NC(CCN2CCOCC2)C(=O)NC(CCC(Cc2ccccc2)N(C)C(=O)OCc2cncs2)Cc2ccccc2)cs1. The van der Waals surface area contributed by atoms with Crippen LogP contribution in [0.15, 0.2) is 77.8 Å². The van der Waals surface area contributed by atoms with Crippen LogP contribution in [0.5, 0.6) is 0 Å². The number of hydrogen-bond acceptors (Lipinski definition) is 10. The summed E-state index contributed by atoms with van der Waals surface area (Å²) >= 11 is 3.02. The van der Waals surface area contributed by atoms with E-state index in [2.05, 4.69) is 56.8 Å². The van der Waals surface area contributed by atoms with Crippen LogP contribution in [0.4, 0.5) is 9.59 Å². The molecule has 0 spiro atoms. The number of ether oxygens (including phenoxy) is 2. The summed E-state index contributed by atoms with van der Waals surface area (Å²) in [5.41, 5.74) is 4.69. The van der Waals surface area contributed by atoms with E-state index in [9.17, 15) is 14.4 Å². The van der Waals surface area contributed by atoms with Crippen LogP contribution in [0, 0.1) is 0 Å². The first-order valence-electron chi connectivity index (χ1n) is 18.7. The number of likely N-dealkylation sites (N-methyl/N-ethyl adjacent to an activating group) is 1. The predicted molar refractivity (Wildman–Crippen MR) is 213 cm³/mol. The molecule has 14 heteroatoms. The summed E-state index contributed by atoms with van der Waals surface area (Å²) in [6.07, 6.45) is 4.15. The number of urea groups is 1. The minimum atomic E-state index is -0.766. The van der Waals surface area contributed by atoms with Crippen LogP contribution in [-0.2, 0) is 40.3 Å². The zero-order valence-corrected chi connectivity index (χ0v) is 33.1. The molecule has 3 heterocycles. The molecule has 4 aromatic rings. The van der Waals surface area contributed by atoms with E-state index in [1.54, 1.807) is 35.0 Å². The van der Waals surface area contributed by atoms with Crippen LogP contribution in [0.2, 0.25) is 0 Å². The topological polar surface area (TPSA) is 138 Å². The van der Waals surface area contributed by atoms with Gasteiger partial charge in [0.15, 0.2) is 0 Å². The lowest BCUT2D eigenvalue weighted by Gasteiger charge is -2.31. The van der Waals surface area contributed by atoms with Gasteiger partial charge < -0.3 is 30.3 Å². The molecular formula is C40H53N7O5S2. The summed E-state index contributed by atoms with van der Waals surface area (Å²) in [6.45, 7) is 8.10. The van der Waals surface area contributed by atoms with Crippen molar-refractivity contribution in [3.8, 4) is 0 Å². The highest BCUT2D eigenvalue weighted by Gasteiger charge is 2.28. The third kappa shape index (κ3) is 13.5. The Morgan fingerprint density at radius 3 is 2.28 bits per heavy atom. The molecule has 0 radical (unpaired) electrons. The highest BCUT2D eigenvalue weighted by Crippen LogP contribution is 2.20. The average Bonchev–Trinajstić information content (AvgIpc) is 3.90. The number of nitrogens with one attached hydrogen (secondary N) is 3. The van der Waals surface area contributed by atoms with Gasteiger partial charge in [-0.2, -0.15) is 0 Å². The first-order chi connectivity index (χ1) is 26.2. The normalized spacial score (nSPS) is 14.9. The van der Waals surface area contributed by atoms with Crippen molar-refractivity contribution in [2.24, 2.45) is 0 Å². The molecule has 2 aromatic carbocycles. The molecule has 4 amide bonds. The first-order valence-corrected chi connectivity index (χ1v) is 20.4. The van der Waals surface area contributed by atoms with Gasteiger partial charge in [-0.15, -0.1) is 22.7 Å². The minimum Gasteiger partial charge on any atom is -0.444 e. The number of benzene rings is 2. The maximum absolute atomic E-state index is 14.2. The van der Waals surface area contributed by atoms with Crippen molar-refractivity contribution in [2.45, 2.75) is 83.1 Å². The van der Waals surface area contributed by atoms with Crippen molar-refractivity contribution in [1.82, 2.24) is 35.7 Å². The molecule has 5 rings (SSSR count). The Labute approximate surface area is 326 Å². The number of aromatic nitrogens is 2. The Balaban J connectivity index is 1.28. The largest absolute Gasteiger partial charge is 0.444 e. The van der Waals surface area contributed by atoms with Gasteiger partial charge in [-0.25, -0.2) is 14.6 Å². The summed E-state index contributed by atoms with van der Waals surface area (Å²) in [5, 5.41) is 12.1. The second-order valence-electron chi connectivity index (χ2n) is 13.9. The van der Waals surface area contributed by atoms with E-state index < -0.39 is 18.2 Å². The quantitative estimate of drug-likeness (QED) is 0.106. The summed E-state index contributed by atoms with van der Waals surface area (Å²) in [6, 6.07) is 18.5. The van der Waals surface area contributed by atoms with E-state index in [1.165, 1.54) is 11.3 Å². The molecule has 0 aliphatic carbocycles. The van der Waals surface area contributed by atoms with Crippen LogP contribution >= 0.6 is 22.7 Å². The highest BCUT2D eigenvalue weighted by atomic mass is 32.1. The molecule has 3 N–H and O–H groups in total. The van der Waals surface area contributed by atoms with Crippen LogP contribution in [-0.4, -0.2) is 95.8 Å². The molecule has 1 fully saturated rings. The molecule has 290 valence electrons. The van der Waals surface area contributed by atoms with Gasteiger partial charge in [-0.1, -0.05) is 74.5 Å². The molecule has 12 nitrogen and oxygen atoms in total. The Hall–Kier alpha value is -4.37. The summed E-state index contributed by atoms with van der Waals surface area (Å²) in [7, 11) is 1.77. The van der Waals surface area contributed by atoms with Gasteiger partial charge in [0, 0.05) is 56.3 Å². The molecular weight excluding hydrogens is 723 g/mol. The van der Waals surface area contributed by atoms with Crippen LogP contribution < -0.4 is 16.0 Å². The van der Waals surface area contributed by atoms with Gasteiger partial charge in [0.25, 0.3) is 0 Å². The highest BCUT2D eigenvalue weighted by molar-refractivity contribution is 7.09. The predicted octanol–water partition coefficient (Wildman–Crippen LogP) is 6.00. The minimum absolute atomic E-state index is 0.160. The first kappa shape index (κ1) is 40.8. The molecule has 54 heavy (non-hydrogen) atoms. The van der Waals surface area contributed by atoms with Crippen molar-refractivity contribution in [1.29, 1.82) is 0 Å². The number of thiazole rings is 2. The van der Waals surface area contributed by atoms with Gasteiger partial charge in [0.05, 0.1) is 40.8 Å². The Kier molecular flexibility index (Phi) is 16.2. The molecule has 2 aromatic heterocycles. The van der Waals surface area contributed by atoms with E-state index in [4.69, 9.17) is 9.47 Å². The molecule has 1 aliphatic heterocycles. The van der Waals surface area contributed by atoms with E-state index in [1.807, 2.05) is 53.9 Å². The third-order valence-electron chi connectivity index (χ3n) is 9.44. The fourth-order valence-corrected chi connectivity index (χ4v) is 7.63. The number of morpholine rings is 1. The smallest absolute Gasteiger partial charge is 0.410 e. The number of hydrogen-bond donors (Lipinski definition) is 3. The number of carbonyl (C=O) groups is 3. The van der Waals surface area contributed by atoms with E-state index in [-0.39, 0.29) is 31.1 Å². The van der Waals surface area contributed by atoms with Crippen molar-refractivity contribution < 1.29 is 23.9 Å². The van der Waals surface area contributed by atoms with Crippen LogP contribution in [0.1, 0.15) is 65.7 Å². The van der Waals surface area contributed by atoms with E-state index in [0.717, 1.165) is 39.8 Å². The molecule has 1 saturated heterocycles. The Morgan fingerprint density at radius 2 is 1.63 bits per heavy atom. The third-order valence-corrected chi connectivity index (χ3v) is 11.4. The van der Waals surface area contributed by atoms with Gasteiger partial charge >= 0.3 is 12.1 Å². The van der Waals surface area contributed by atoms with E-state index in [0.29, 0.717) is 57.8 Å². The fourth-order valence-electron chi connectivity index (χ4n) is 6.29. The lowest BCUT2D eigenvalue weighted by Crippen LogP contribution is -2.53. The van der Waals surface area contributed by atoms with Crippen LogP contribution in [0.25, 0.3) is 0 Å². The van der Waals surface area contributed by atoms with E-state index >= 15 is 0 Å².